The van der Waals surface area contributed by atoms with Gasteiger partial charge in [-0.05, 0) is 36.8 Å². The fourth-order valence-corrected chi connectivity index (χ4v) is 2.23. The lowest BCUT2D eigenvalue weighted by atomic mass is 10.2. The van der Waals surface area contributed by atoms with E-state index in [1.807, 2.05) is 25.1 Å². The topological polar surface area (TPSA) is 89.3 Å². The van der Waals surface area contributed by atoms with Crippen LogP contribution in [0.15, 0.2) is 53.4 Å². The molecular formula is C18H18N4O3. The lowest BCUT2D eigenvalue weighted by Gasteiger charge is -2.11. The first-order valence-electron chi connectivity index (χ1n) is 7.70. The van der Waals surface area contributed by atoms with Gasteiger partial charge in [0.05, 0.1) is 31.2 Å². The van der Waals surface area contributed by atoms with E-state index in [-0.39, 0.29) is 5.91 Å². The van der Waals surface area contributed by atoms with E-state index < -0.39 is 0 Å². The molecule has 0 unspecified atom stereocenters. The molecule has 0 fully saturated rings. The van der Waals surface area contributed by atoms with E-state index in [1.165, 1.54) is 12.4 Å². The van der Waals surface area contributed by atoms with Crippen molar-refractivity contribution >= 4 is 17.5 Å². The van der Waals surface area contributed by atoms with Crippen molar-refractivity contribution in [3.8, 4) is 5.75 Å². The SMILES string of the molecule is COc1ccc(C)cc1Nc1ncc(C(=O)NCc2ccco2)cn1. The van der Waals surface area contributed by atoms with Crippen molar-refractivity contribution < 1.29 is 13.9 Å². The highest BCUT2D eigenvalue weighted by Crippen LogP contribution is 2.27. The Labute approximate surface area is 145 Å². The maximum Gasteiger partial charge on any atom is 0.254 e. The second-order valence-corrected chi connectivity index (χ2v) is 5.39. The number of aryl methyl sites for hydroxylation is 1. The fourth-order valence-electron chi connectivity index (χ4n) is 2.23. The van der Waals surface area contributed by atoms with Gasteiger partial charge in [-0.25, -0.2) is 9.97 Å². The average Bonchev–Trinajstić information content (AvgIpc) is 3.14. The number of hydrogen-bond acceptors (Lipinski definition) is 6. The molecule has 0 bridgehead atoms. The molecule has 2 aromatic heterocycles. The molecule has 25 heavy (non-hydrogen) atoms. The van der Waals surface area contributed by atoms with Crippen LogP contribution in [0, 0.1) is 6.92 Å². The molecule has 0 saturated carbocycles. The molecule has 0 atom stereocenters. The van der Waals surface area contributed by atoms with Crippen molar-refractivity contribution in [2.24, 2.45) is 0 Å². The summed E-state index contributed by atoms with van der Waals surface area (Å²) in [6.07, 6.45) is 4.49. The van der Waals surface area contributed by atoms with Gasteiger partial charge in [-0.15, -0.1) is 0 Å². The van der Waals surface area contributed by atoms with Crippen molar-refractivity contribution in [3.63, 3.8) is 0 Å². The van der Waals surface area contributed by atoms with Gasteiger partial charge in [0, 0.05) is 12.4 Å². The van der Waals surface area contributed by atoms with Crippen LogP contribution in [-0.4, -0.2) is 23.0 Å². The second kappa shape index (κ2) is 7.48. The number of amides is 1. The first-order valence-corrected chi connectivity index (χ1v) is 7.70. The molecule has 0 aliphatic heterocycles. The predicted octanol–water partition coefficient (Wildman–Crippen LogP) is 3.06. The molecule has 1 amide bonds. The Morgan fingerprint density at radius 1 is 1.24 bits per heavy atom. The van der Waals surface area contributed by atoms with Crippen LogP contribution in [0.4, 0.5) is 11.6 Å². The molecular weight excluding hydrogens is 320 g/mol. The highest BCUT2D eigenvalue weighted by atomic mass is 16.5. The number of rotatable bonds is 6. The Balaban J connectivity index is 1.66. The minimum Gasteiger partial charge on any atom is -0.495 e. The first-order chi connectivity index (χ1) is 12.2. The zero-order valence-corrected chi connectivity index (χ0v) is 13.9. The molecule has 0 spiro atoms. The smallest absolute Gasteiger partial charge is 0.254 e. The number of nitrogens with zero attached hydrogens (tertiary/aromatic N) is 2. The van der Waals surface area contributed by atoms with Gasteiger partial charge in [0.2, 0.25) is 5.95 Å². The number of carbonyl (C=O) groups excluding carboxylic acids is 1. The first kappa shape index (κ1) is 16.5. The Bertz CT molecular complexity index is 845. The van der Waals surface area contributed by atoms with Gasteiger partial charge in [0.15, 0.2) is 0 Å². The zero-order valence-electron chi connectivity index (χ0n) is 13.9. The Kier molecular flexibility index (Phi) is 4.94. The van der Waals surface area contributed by atoms with Crippen molar-refractivity contribution in [2.45, 2.75) is 13.5 Å². The summed E-state index contributed by atoms with van der Waals surface area (Å²) in [4.78, 5) is 20.4. The summed E-state index contributed by atoms with van der Waals surface area (Å²) >= 11 is 0. The van der Waals surface area contributed by atoms with Gasteiger partial charge in [-0.3, -0.25) is 4.79 Å². The number of carbonyl (C=O) groups is 1. The molecule has 128 valence electrons. The van der Waals surface area contributed by atoms with E-state index in [9.17, 15) is 4.79 Å². The summed E-state index contributed by atoms with van der Waals surface area (Å²) in [5.74, 6) is 1.48. The summed E-state index contributed by atoms with van der Waals surface area (Å²) in [6, 6.07) is 9.32. The number of furan rings is 1. The zero-order chi connectivity index (χ0) is 17.6. The number of hydrogen-bond donors (Lipinski definition) is 2. The van der Waals surface area contributed by atoms with Gasteiger partial charge >= 0.3 is 0 Å². The maximum atomic E-state index is 12.1. The van der Waals surface area contributed by atoms with Gasteiger partial charge in [0.25, 0.3) is 5.91 Å². The molecule has 0 radical (unpaired) electrons. The van der Waals surface area contributed by atoms with E-state index in [1.54, 1.807) is 25.5 Å². The molecule has 3 rings (SSSR count). The Morgan fingerprint density at radius 3 is 2.72 bits per heavy atom. The third-order valence-corrected chi connectivity index (χ3v) is 3.52. The normalized spacial score (nSPS) is 10.3. The van der Waals surface area contributed by atoms with Crippen LogP contribution in [0.1, 0.15) is 21.7 Å². The van der Waals surface area contributed by atoms with Crippen LogP contribution < -0.4 is 15.4 Å². The molecule has 0 aliphatic carbocycles. The Morgan fingerprint density at radius 2 is 2.04 bits per heavy atom. The van der Waals surface area contributed by atoms with Crippen molar-refractivity contribution in [1.29, 1.82) is 0 Å². The monoisotopic (exact) mass is 338 g/mol. The molecule has 0 saturated heterocycles. The summed E-state index contributed by atoms with van der Waals surface area (Å²) in [5.41, 5.74) is 2.21. The maximum absolute atomic E-state index is 12.1. The largest absolute Gasteiger partial charge is 0.495 e. The van der Waals surface area contributed by atoms with Crippen molar-refractivity contribution in [2.75, 3.05) is 12.4 Å². The lowest BCUT2D eigenvalue weighted by Crippen LogP contribution is -2.23. The van der Waals surface area contributed by atoms with Crippen LogP contribution in [0.5, 0.6) is 5.75 Å². The van der Waals surface area contributed by atoms with Crippen LogP contribution in [0.2, 0.25) is 0 Å². The molecule has 1 aromatic carbocycles. The summed E-state index contributed by atoms with van der Waals surface area (Å²) in [7, 11) is 1.60. The van der Waals surface area contributed by atoms with E-state index in [4.69, 9.17) is 9.15 Å². The summed E-state index contributed by atoms with van der Waals surface area (Å²) in [6.45, 7) is 2.30. The van der Waals surface area contributed by atoms with E-state index in [0.717, 1.165) is 11.3 Å². The van der Waals surface area contributed by atoms with E-state index in [2.05, 4.69) is 20.6 Å². The van der Waals surface area contributed by atoms with Gasteiger partial charge in [-0.1, -0.05) is 6.07 Å². The molecule has 3 aromatic rings. The minimum absolute atomic E-state index is 0.268. The van der Waals surface area contributed by atoms with Crippen LogP contribution in [0.25, 0.3) is 0 Å². The average molecular weight is 338 g/mol. The molecule has 7 heteroatoms. The predicted molar refractivity (Wildman–Crippen MR) is 92.9 cm³/mol. The van der Waals surface area contributed by atoms with Gasteiger partial charge in [-0.2, -0.15) is 0 Å². The number of anilines is 2. The molecule has 2 heterocycles. The van der Waals surface area contributed by atoms with Crippen LogP contribution in [0.3, 0.4) is 0 Å². The van der Waals surface area contributed by atoms with Crippen LogP contribution >= 0.6 is 0 Å². The van der Waals surface area contributed by atoms with Crippen molar-refractivity contribution in [1.82, 2.24) is 15.3 Å². The highest BCUT2D eigenvalue weighted by molar-refractivity contribution is 5.93. The fraction of sp³-hybridized carbons (Fsp3) is 0.167. The third kappa shape index (κ3) is 4.14. The second-order valence-electron chi connectivity index (χ2n) is 5.39. The third-order valence-electron chi connectivity index (χ3n) is 3.52. The van der Waals surface area contributed by atoms with Crippen LogP contribution in [-0.2, 0) is 6.54 Å². The van der Waals surface area contributed by atoms with E-state index in [0.29, 0.717) is 29.6 Å². The molecule has 0 aliphatic rings. The lowest BCUT2D eigenvalue weighted by molar-refractivity contribution is 0.0947. The van der Waals surface area contributed by atoms with E-state index >= 15 is 0 Å². The quantitative estimate of drug-likeness (QED) is 0.718. The summed E-state index contributed by atoms with van der Waals surface area (Å²) in [5, 5.41) is 5.83. The number of benzene rings is 1. The highest BCUT2D eigenvalue weighted by Gasteiger charge is 2.09. The molecule has 2 N–H and O–H groups in total. The standard InChI is InChI=1S/C18H18N4O3/c1-12-5-6-16(24-2)15(8-12)22-18-20-9-13(10-21-18)17(23)19-11-14-4-3-7-25-14/h3-10H,11H2,1-2H3,(H,19,23)(H,20,21,22). The van der Waals surface area contributed by atoms with Gasteiger partial charge < -0.3 is 19.8 Å². The summed E-state index contributed by atoms with van der Waals surface area (Å²) < 4.78 is 10.5. The minimum atomic E-state index is -0.268. The van der Waals surface area contributed by atoms with Gasteiger partial charge in [0.1, 0.15) is 11.5 Å². The molecule has 7 nitrogen and oxygen atoms in total. The Hall–Kier alpha value is -3.35. The number of aromatic nitrogens is 2. The number of methoxy groups -OCH3 is 1. The number of nitrogens with one attached hydrogen (secondary N) is 2. The number of ether oxygens (including phenoxy) is 1. The van der Waals surface area contributed by atoms with Crippen molar-refractivity contribution in [3.05, 3.63) is 65.9 Å².